The summed E-state index contributed by atoms with van der Waals surface area (Å²) in [4.78, 5) is 1.52. The summed E-state index contributed by atoms with van der Waals surface area (Å²) in [6, 6.07) is 12.7. The maximum Gasteiger partial charge on any atom is 0.418 e. The van der Waals surface area contributed by atoms with Crippen molar-refractivity contribution < 1.29 is 13.2 Å². The number of alkyl halides is 3. The topological polar surface area (TPSA) is 29.3 Å². The van der Waals surface area contributed by atoms with Gasteiger partial charge in [0.2, 0.25) is 0 Å². The molecule has 0 aliphatic rings. The number of nitrogens with two attached hydrogens (primary N) is 1. The molecule has 2 nitrogen and oxygen atoms in total. The number of benzene rings is 2. The van der Waals surface area contributed by atoms with Gasteiger partial charge in [0.1, 0.15) is 0 Å². The van der Waals surface area contributed by atoms with Crippen molar-refractivity contribution >= 4 is 11.4 Å². The van der Waals surface area contributed by atoms with E-state index in [9.17, 15) is 13.2 Å². The first-order valence-corrected chi connectivity index (χ1v) is 6.12. The molecule has 2 rings (SSSR count). The molecule has 0 bridgehead atoms. The van der Waals surface area contributed by atoms with E-state index in [1.165, 1.54) is 17.0 Å². The van der Waals surface area contributed by atoms with Crippen molar-refractivity contribution in [3.8, 4) is 0 Å². The van der Waals surface area contributed by atoms with E-state index >= 15 is 0 Å². The Kier molecular flexibility index (Phi) is 3.99. The van der Waals surface area contributed by atoms with Crippen LogP contribution >= 0.6 is 0 Å². The van der Waals surface area contributed by atoms with Crippen LogP contribution in [0.15, 0.2) is 48.5 Å². The third-order valence-corrected chi connectivity index (χ3v) is 3.10. The third-order valence-electron chi connectivity index (χ3n) is 3.10. The molecule has 0 atom stereocenters. The number of hydrogen-bond donors (Lipinski definition) is 1. The van der Waals surface area contributed by atoms with Crippen molar-refractivity contribution in [2.45, 2.75) is 12.7 Å². The Bertz CT molecular complexity index is 594. The van der Waals surface area contributed by atoms with Gasteiger partial charge in [-0.2, -0.15) is 13.2 Å². The van der Waals surface area contributed by atoms with Crippen LogP contribution in [0, 0.1) is 0 Å². The molecule has 5 heteroatoms. The van der Waals surface area contributed by atoms with E-state index in [2.05, 4.69) is 0 Å². The Morgan fingerprint density at radius 3 is 2.40 bits per heavy atom. The first kappa shape index (κ1) is 14.4. The summed E-state index contributed by atoms with van der Waals surface area (Å²) in [6.07, 6.45) is -4.38. The van der Waals surface area contributed by atoms with Crippen molar-refractivity contribution in [1.82, 2.24) is 0 Å². The zero-order valence-corrected chi connectivity index (χ0v) is 11.0. The normalized spacial score (nSPS) is 11.4. The van der Waals surface area contributed by atoms with E-state index in [-0.39, 0.29) is 5.69 Å². The summed E-state index contributed by atoms with van der Waals surface area (Å²) < 4.78 is 39.1. The molecule has 0 saturated carbocycles. The fourth-order valence-electron chi connectivity index (χ4n) is 2.04. The van der Waals surface area contributed by atoms with E-state index in [0.717, 1.165) is 11.6 Å². The molecule has 20 heavy (non-hydrogen) atoms. The lowest BCUT2D eigenvalue weighted by molar-refractivity contribution is -0.137. The molecule has 0 aromatic heterocycles. The summed E-state index contributed by atoms with van der Waals surface area (Å²) in [5, 5.41) is 0. The number of anilines is 2. The maximum absolute atomic E-state index is 13.0. The van der Waals surface area contributed by atoms with Crippen molar-refractivity contribution in [3.63, 3.8) is 0 Å². The highest BCUT2D eigenvalue weighted by Gasteiger charge is 2.34. The quantitative estimate of drug-likeness (QED) is 0.923. The molecule has 0 spiro atoms. The first-order chi connectivity index (χ1) is 9.43. The summed E-state index contributed by atoms with van der Waals surface area (Å²) in [5.41, 5.74) is 6.57. The van der Waals surface area contributed by atoms with Crippen LogP contribution in [0.1, 0.15) is 11.1 Å². The van der Waals surface area contributed by atoms with Gasteiger partial charge in [0.25, 0.3) is 0 Å². The Hall–Kier alpha value is -2.01. The van der Waals surface area contributed by atoms with Crippen molar-refractivity contribution in [1.29, 1.82) is 0 Å². The van der Waals surface area contributed by atoms with Gasteiger partial charge in [0.15, 0.2) is 0 Å². The summed E-state index contributed by atoms with van der Waals surface area (Å²) in [6.45, 7) is 0.350. The summed E-state index contributed by atoms with van der Waals surface area (Å²) in [7, 11) is 1.61. The second-order valence-electron chi connectivity index (χ2n) is 4.45. The average Bonchev–Trinajstić information content (AvgIpc) is 2.45. The van der Waals surface area contributed by atoms with Gasteiger partial charge in [-0.05, 0) is 29.8 Å². The van der Waals surface area contributed by atoms with Crippen LogP contribution in [-0.2, 0) is 12.7 Å². The lowest BCUT2D eigenvalue weighted by atomic mass is 10.1. The molecule has 0 radical (unpaired) electrons. The predicted molar refractivity (Wildman–Crippen MR) is 73.8 cm³/mol. The minimum atomic E-state index is -4.38. The van der Waals surface area contributed by atoms with Crippen molar-refractivity contribution in [2.75, 3.05) is 11.9 Å². The Morgan fingerprint density at radius 2 is 1.75 bits per heavy atom. The second-order valence-corrected chi connectivity index (χ2v) is 4.45. The lowest BCUT2D eigenvalue weighted by Crippen LogP contribution is -2.16. The Balaban J connectivity index is 2.45. The Morgan fingerprint density at radius 1 is 1.05 bits per heavy atom. The van der Waals surface area contributed by atoms with Gasteiger partial charge in [0, 0.05) is 19.3 Å². The first-order valence-electron chi connectivity index (χ1n) is 6.12. The highest BCUT2D eigenvalue weighted by Crippen LogP contribution is 2.38. The standard InChI is InChI=1S/C15H15F3N2/c1-20(12-6-4-5-11(9-12)10-19)14-8-3-2-7-13(14)15(16,17)18/h2-9H,10,19H2,1H3. The van der Waals surface area contributed by atoms with Gasteiger partial charge in [-0.25, -0.2) is 0 Å². The van der Waals surface area contributed by atoms with E-state index in [1.54, 1.807) is 31.3 Å². The van der Waals surface area contributed by atoms with Crippen molar-refractivity contribution in [3.05, 3.63) is 59.7 Å². The highest BCUT2D eigenvalue weighted by molar-refractivity contribution is 5.66. The van der Waals surface area contributed by atoms with Crippen LogP contribution in [0.5, 0.6) is 0 Å². The molecule has 0 fully saturated rings. The molecule has 0 aliphatic heterocycles. The molecule has 2 N–H and O–H groups in total. The van der Waals surface area contributed by atoms with Crippen LogP contribution < -0.4 is 10.6 Å². The van der Waals surface area contributed by atoms with E-state index < -0.39 is 11.7 Å². The molecule has 0 aliphatic carbocycles. The van der Waals surface area contributed by atoms with Gasteiger partial charge >= 0.3 is 6.18 Å². The number of halogens is 3. The maximum atomic E-state index is 13.0. The zero-order chi connectivity index (χ0) is 14.8. The van der Waals surface area contributed by atoms with Crippen LogP contribution in [-0.4, -0.2) is 7.05 Å². The fourth-order valence-corrected chi connectivity index (χ4v) is 2.04. The zero-order valence-electron chi connectivity index (χ0n) is 11.0. The molecule has 0 amide bonds. The minimum Gasteiger partial charge on any atom is -0.344 e. The number of hydrogen-bond acceptors (Lipinski definition) is 2. The third kappa shape index (κ3) is 2.93. The second kappa shape index (κ2) is 5.54. The molecule has 0 heterocycles. The monoisotopic (exact) mass is 280 g/mol. The molecular formula is C15H15F3N2. The van der Waals surface area contributed by atoms with E-state index in [0.29, 0.717) is 12.2 Å². The fraction of sp³-hybridized carbons (Fsp3) is 0.200. The smallest absolute Gasteiger partial charge is 0.344 e. The van der Waals surface area contributed by atoms with Gasteiger partial charge in [-0.1, -0.05) is 24.3 Å². The van der Waals surface area contributed by atoms with Crippen LogP contribution in [0.25, 0.3) is 0 Å². The van der Waals surface area contributed by atoms with Crippen LogP contribution in [0.2, 0.25) is 0 Å². The molecule has 0 unspecified atom stereocenters. The summed E-state index contributed by atoms with van der Waals surface area (Å²) in [5.74, 6) is 0. The van der Waals surface area contributed by atoms with Crippen LogP contribution in [0.3, 0.4) is 0 Å². The lowest BCUT2D eigenvalue weighted by Gasteiger charge is -2.24. The molecular weight excluding hydrogens is 265 g/mol. The van der Waals surface area contributed by atoms with E-state index in [4.69, 9.17) is 5.73 Å². The largest absolute Gasteiger partial charge is 0.418 e. The predicted octanol–water partition coefficient (Wildman–Crippen LogP) is 3.93. The SMILES string of the molecule is CN(c1cccc(CN)c1)c1ccccc1C(F)(F)F. The van der Waals surface area contributed by atoms with Gasteiger partial charge in [-0.15, -0.1) is 0 Å². The molecule has 2 aromatic rings. The average molecular weight is 280 g/mol. The number of rotatable bonds is 3. The number of nitrogens with zero attached hydrogens (tertiary/aromatic N) is 1. The number of para-hydroxylation sites is 1. The highest BCUT2D eigenvalue weighted by atomic mass is 19.4. The van der Waals surface area contributed by atoms with Gasteiger partial charge in [-0.3, -0.25) is 0 Å². The van der Waals surface area contributed by atoms with Gasteiger partial charge in [0.05, 0.1) is 11.3 Å². The summed E-state index contributed by atoms with van der Waals surface area (Å²) >= 11 is 0. The molecule has 2 aromatic carbocycles. The van der Waals surface area contributed by atoms with E-state index in [1.807, 2.05) is 6.07 Å². The Labute approximate surface area is 115 Å². The molecule has 0 saturated heterocycles. The molecule has 106 valence electrons. The van der Waals surface area contributed by atoms with Crippen molar-refractivity contribution in [2.24, 2.45) is 5.73 Å². The van der Waals surface area contributed by atoms with Crippen LogP contribution in [0.4, 0.5) is 24.5 Å². The minimum absolute atomic E-state index is 0.120. The van der Waals surface area contributed by atoms with Gasteiger partial charge < -0.3 is 10.6 Å².